The molecule has 78 valence electrons. The summed E-state index contributed by atoms with van der Waals surface area (Å²) >= 11 is 0. The van der Waals surface area contributed by atoms with E-state index in [-0.39, 0.29) is 0 Å². The van der Waals surface area contributed by atoms with Crippen molar-refractivity contribution in [2.45, 2.75) is 25.8 Å². The maximum absolute atomic E-state index is 4.11. The first-order chi connectivity index (χ1) is 7.42. The van der Waals surface area contributed by atoms with Crippen molar-refractivity contribution < 1.29 is 0 Å². The number of imidazole rings is 1. The third-order valence-corrected chi connectivity index (χ3v) is 2.72. The van der Waals surface area contributed by atoms with Crippen molar-refractivity contribution in [2.24, 2.45) is 0 Å². The van der Waals surface area contributed by atoms with Crippen LogP contribution >= 0.6 is 0 Å². The molecule has 1 aliphatic carbocycles. The van der Waals surface area contributed by atoms with Gasteiger partial charge in [0, 0.05) is 12.4 Å². The van der Waals surface area contributed by atoms with Crippen LogP contribution in [-0.4, -0.2) is 9.55 Å². The van der Waals surface area contributed by atoms with Crippen LogP contribution in [0.15, 0.2) is 54.7 Å². The van der Waals surface area contributed by atoms with Crippen molar-refractivity contribution in [3.05, 3.63) is 54.7 Å². The lowest BCUT2D eigenvalue weighted by molar-refractivity contribution is 0.547. The Bertz CT molecular complexity index is 383. The van der Waals surface area contributed by atoms with Gasteiger partial charge in [0.1, 0.15) is 0 Å². The Hall–Kier alpha value is -1.57. The molecule has 0 bridgehead atoms. The molecular weight excluding hydrogens is 184 g/mol. The Morgan fingerprint density at radius 3 is 3.07 bits per heavy atom. The second-order valence-electron chi connectivity index (χ2n) is 3.69. The van der Waals surface area contributed by atoms with E-state index in [0.717, 1.165) is 12.8 Å². The van der Waals surface area contributed by atoms with Gasteiger partial charge in [0.25, 0.3) is 0 Å². The molecular formula is C13H16N2. The number of nitrogens with zero attached hydrogens (tertiary/aromatic N) is 2. The first kappa shape index (κ1) is 9.97. The fourth-order valence-corrected chi connectivity index (χ4v) is 1.96. The van der Waals surface area contributed by atoms with Gasteiger partial charge in [0.15, 0.2) is 0 Å². The normalized spacial score (nSPS) is 17.3. The summed E-state index contributed by atoms with van der Waals surface area (Å²) in [6.07, 6.45) is 18.6. The second kappa shape index (κ2) is 4.78. The number of rotatable bonds is 3. The van der Waals surface area contributed by atoms with E-state index in [0.29, 0.717) is 6.04 Å². The minimum atomic E-state index is 0.444. The van der Waals surface area contributed by atoms with E-state index in [1.54, 1.807) is 0 Å². The van der Waals surface area contributed by atoms with Gasteiger partial charge in [-0.25, -0.2) is 4.98 Å². The summed E-state index contributed by atoms with van der Waals surface area (Å²) in [4.78, 5) is 4.11. The molecule has 1 heterocycles. The Morgan fingerprint density at radius 1 is 1.40 bits per heavy atom. The van der Waals surface area contributed by atoms with Crippen LogP contribution in [0, 0.1) is 0 Å². The molecule has 1 atom stereocenters. The highest BCUT2D eigenvalue weighted by Crippen LogP contribution is 2.25. The van der Waals surface area contributed by atoms with Crippen LogP contribution in [0.5, 0.6) is 0 Å². The van der Waals surface area contributed by atoms with E-state index >= 15 is 0 Å². The molecule has 0 radical (unpaired) electrons. The molecule has 0 aromatic carbocycles. The van der Waals surface area contributed by atoms with Gasteiger partial charge < -0.3 is 4.57 Å². The highest BCUT2D eigenvalue weighted by atomic mass is 15.0. The van der Waals surface area contributed by atoms with E-state index in [2.05, 4.69) is 46.9 Å². The minimum absolute atomic E-state index is 0.444. The molecule has 1 unspecified atom stereocenters. The highest BCUT2D eigenvalue weighted by molar-refractivity contribution is 5.26. The van der Waals surface area contributed by atoms with Gasteiger partial charge in [0.05, 0.1) is 12.4 Å². The predicted molar refractivity (Wildman–Crippen MR) is 62.5 cm³/mol. The van der Waals surface area contributed by atoms with Gasteiger partial charge in [0.2, 0.25) is 0 Å². The Balaban J connectivity index is 2.23. The van der Waals surface area contributed by atoms with Crippen molar-refractivity contribution in [1.82, 2.24) is 9.55 Å². The number of hydrogen-bond acceptors (Lipinski definition) is 1. The summed E-state index contributed by atoms with van der Waals surface area (Å²) in [5.41, 5.74) is 1.44. The van der Waals surface area contributed by atoms with Crippen LogP contribution in [-0.2, 0) is 0 Å². The molecule has 0 saturated heterocycles. The maximum atomic E-state index is 4.11. The monoisotopic (exact) mass is 200 g/mol. The number of allylic oxidation sites excluding steroid dienone is 6. The largest absolute Gasteiger partial charge is 0.330 e. The molecule has 0 N–H and O–H groups in total. The van der Waals surface area contributed by atoms with Gasteiger partial charge in [-0.2, -0.15) is 0 Å². The van der Waals surface area contributed by atoms with Gasteiger partial charge >= 0.3 is 0 Å². The van der Waals surface area contributed by atoms with Crippen LogP contribution in [0.1, 0.15) is 25.8 Å². The Kier molecular flexibility index (Phi) is 3.18. The summed E-state index contributed by atoms with van der Waals surface area (Å²) in [6.45, 7) is 2.21. The molecule has 0 amide bonds. The van der Waals surface area contributed by atoms with Crippen molar-refractivity contribution >= 4 is 0 Å². The topological polar surface area (TPSA) is 17.8 Å². The third kappa shape index (κ3) is 2.27. The Morgan fingerprint density at radius 2 is 2.33 bits per heavy atom. The third-order valence-electron chi connectivity index (χ3n) is 2.72. The summed E-state index contributed by atoms with van der Waals surface area (Å²) in [5, 5.41) is 0. The van der Waals surface area contributed by atoms with Gasteiger partial charge in [-0.1, -0.05) is 37.3 Å². The van der Waals surface area contributed by atoms with Crippen LogP contribution in [0.4, 0.5) is 0 Å². The second-order valence-corrected chi connectivity index (χ2v) is 3.69. The van der Waals surface area contributed by atoms with Gasteiger partial charge in [-0.15, -0.1) is 0 Å². The maximum Gasteiger partial charge on any atom is 0.0951 e. The minimum Gasteiger partial charge on any atom is -0.330 e. The van der Waals surface area contributed by atoms with E-state index in [4.69, 9.17) is 0 Å². The molecule has 0 saturated carbocycles. The van der Waals surface area contributed by atoms with Crippen LogP contribution in [0.3, 0.4) is 0 Å². The smallest absolute Gasteiger partial charge is 0.0951 e. The summed E-state index contributed by atoms with van der Waals surface area (Å²) in [6, 6.07) is 0.444. The SMILES string of the molecule is CCC(C1=CC=CC=CC1)n1ccnc1. The summed E-state index contributed by atoms with van der Waals surface area (Å²) in [7, 11) is 0. The molecule has 1 aromatic rings. The first-order valence-corrected chi connectivity index (χ1v) is 5.41. The van der Waals surface area contributed by atoms with Crippen LogP contribution < -0.4 is 0 Å². The zero-order valence-electron chi connectivity index (χ0n) is 9.00. The average molecular weight is 200 g/mol. The fraction of sp³-hybridized carbons (Fsp3) is 0.308. The van der Waals surface area contributed by atoms with Gasteiger partial charge in [-0.3, -0.25) is 0 Å². The lowest BCUT2D eigenvalue weighted by atomic mass is 10.0. The lowest BCUT2D eigenvalue weighted by Crippen LogP contribution is -2.08. The predicted octanol–water partition coefficient (Wildman–Crippen LogP) is 3.28. The molecule has 1 aliphatic rings. The zero-order valence-corrected chi connectivity index (χ0v) is 9.00. The lowest BCUT2D eigenvalue weighted by Gasteiger charge is -2.19. The molecule has 0 aliphatic heterocycles. The first-order valence-electron chi connectivity index (χ1n) is 5.41. The Labute approximate surface area is 90.6 Å². The molecule has 2 rings (SSSR count). The van der Waals surface area contributed by atoms with Crippen LogP contribution in [0.25, 0.3) is 0 Å². The van der Waals surface area contributed by atoms with Crippen molar-refractivity contribution in [2.75, 3.05) is 0 Å². The fourth-order valence-electron chi connectivity index (χ4n) is 1.96. The van der Waals surface area contributed by atoms with Crippen LogP contribution in [0.2, 0.25) is 0 Å². The molecule has 2 nitrogen and oxygen atoms in total. The molecule has 2 heteroatoms. The van der Waals surface area contributed by atoms with Crippen molar-refractivity contribution in [3.8, 4) is 0 Å². The standard InChI is InChI=1S/C13H16N2/c1-2-13(15-10-9-14-11-15)12-7-5-3-4-6-8-12/h3-7,9-11,13H,2,8H2,1H3. The van der Waals surface area contributed by atoms with Gasteiger partial charge in [-0.05, 0) is 18.4 Å². The molecule has 1 aromatic heterocycles. The van der Waals surface area contributed by atoms with E-state index in [1.165, 1.54) is 5.57 Å². The van der Waals surface area contributed by atoms with E-state index in [1.807, 2.05) is 18.7 Å². The average Bonchev–Trinajstić information content (AvgIpc) is 2.63. The number of hydrogen-bond donors (Lipinski definition) is 0. The van der Waals surface area contributed by atoms with Crippen molar-refractivity contribution in [3.63, 3.8) is 0 Å². The van der Waals surface area contributed by atoms with E-state index < -0.39 is 0 Å². The zero-order chi connectivity index (χ0) is 10.5. The van der Waals surface area contributed by atoms with E-state index in [9.17, 15) is 0 Å². The highest BCUT2D eigenvalue weighted by Gasteiger charge is 2.12. The molecule has 0 spiro atoms. The summed E-state index contributed by atoms with van der Waals surface area (Å²) < 4.78 is 2.18. The van der Waals surface area contributed by atoms with Crippen molar-refractivity contribution in [1.29, 1.82) is 0 Å². The number of aromatic nitrogens is 2. The molecule has 15 heavy (non-hydrogen) atoms. The quantitative estimate of drug-likeness (QED) is 0.732. The summed E-state index contributed by atoms with van der Waals surface area (Å²) in [5.74, 6) is 0. The molecule has 0 fully saturated rings.